The van der Waals surface area contributed by atoms with Gasteiger partial charge in [0.15, 0.2) is 5.82 Å². The van der Waals surface area contributed by atoms with Crippen LogP contribution < -0.4 is 0 Å². The molecule has 0 saturated heterocycles. The summed E-state index contributed by atoms with van der Waals surface area (Å²) >= 11 is 0. The van der Waals surface area contributed by atoms with Gasteiger partial charge in [0.25, 0.3) is 0 Å². The van der Waals surface area contributed by atoms with E-state index >= 15 is 0 Å². The van der Waals surface area contributed by atoms with Crippen molar-refractivity contribution in [2.75, 3.05) is 0 Å². The maximum Gasteiger partial charge on any atom is 0.160 e. The summed E-state index contributed by atoms with van der Waals surface area (Å²) in [7, 11) is 0. The predicted molar refractivity (Wildman–Crippen MR) is 193 cm³/mol. The van der Waals surface area contributed by atoms with Gasteiger partial charge >= 0.3 is 0 Å². The first-order valence-corrected chi connectivity index (χ1v) is 15.8. The zero-order valence-electron chi connectivity index (χ0n) is 25.5. The molecule has 0 atom stereocenters. The minimum Gasteiger partial charge on any atom is -0.307 e. The number of benzene rings is 6. The van der Waals surface area contributed by atoms with Crippen LogP contribution in [-0.2, 0) is 0 Å². The average Bonchev–Trinajstić information content (AvgIpc) is 3.51. The van der Waals surface area contributed by atoms with E-state index in [-0.39, 0.29) is 0 Å². The molecule has 0 radical (unpaired) electrons. The highest BCUT2D eigenvalue weighted by molar-refractivity contribution is 6.23. The third-order valence-corrected chi connectivity index (χ3v) is 8.78. The molecule has 0 spiro atoms. The summed E-state index contributed by atoms with van der Waals surface area (Å²) in [5.41, 5.74) is 11.1. The molecular formula is C43H28N4. The highest BCUT2D eigenvalue weighted by Gasteiger charge is 2.21. The molecule has 3 heterocycles. The number of hydrogen-bond donors (Lipinski definition) is 0. The van der Waals surface area contributed by atoms with Crippen LogP contribution in [0.15, 0.2) is 170 Å². The summed E-state index contributed by atoms with van der Waals surface area (Å²) in [5, 5.41) is 3.54. The zero-order valence-corrected chi connectivity index (χ0v) is 25.5. The lowest BCUT2D eigenvalue weighted by molar-refractivity contribution is 1.16. The van der Waals surface area contributed by atoms with Crippen LogP contribution >= 0.6 is 0 Å². The van der Waals surface area contributed by atoms with Gasteiger partial charge in [-0.1, -0.05) is 140 Å². The lowest BCUT2D eigenvalue weighted by Gasteiger charge is -2.14. The van der Waals surface area contributed by atoms with Crippen molar-refractivity contribution in [1.82, 2.24) is 19.5 Å². The van der Waals surface area contributed by atoms with Crippen LogP contribution in [0.4, 0.5) is 0 Å². The lowest BCUT2D eigenvalue weighted by Crippen LogP contribution is -1.99. The number of hydrogen-bond acceptors (Lipinski definition) is 3. The Balaban J connectivity index is 1.32. The summed E-state index contributed by atoms with van der Waals surface area (Å²) in [5.74, 6) is 0.700. The first kappa shape index (κ1) is 27.0. The third-order valence-electron chi connectivity index (χ3n) is 8.78. The van der Waals surface area contributed by atoms with Gasteiger partial charge in [-0.3, -0.25) is 0 Å². The summed E-state index contributed by atoms with van der Waals surface area (Å²) in [6.45, 7) is 0. The topological polar surface area (TPSA) is 43.6 Å². The standard InChI is InChI=1S/C43H28N4/c1-4-15-29(16-5-1)37-28-38(46-43(45-37)31-19-8-3-9-20-31)32-21-14-22-33(27-32)47-39-26-13-11-24-35(39)40-34-23-10-12-25-36(34)44-41(42(40)47)30-17-6-2-7-18-30/h1-28H. The largest absolute Gasteiger partial charge is 0.307 e. The van der Waals surface area contributed by atoms with Gasteiger partial charge in [-0.05, 0) is 30.3 Å². The molecule has 0 aliphatic carbocycles. The van der Waals surface area contributed by atoms with Crippen molar-refractivity contribution in [1.29, 1.82) is 0 Å². The van der Waals surface area contributed by atoms with Crippen molar-refractivity contribution in [2.45, 2.75) is 0 Å². The Kier molecular flexibility index (Phi) is 6.43. The van der Waals surface area contributed by atoms with Crippen LogP contribution in [-0.4, -0.2) is 19.5 Å². The first-order valence-electron chi connectivity index (χ1n) is 15.8. The Morgan fingerprint density at radius 2 is 0.979 bits per heavy atom. The molecule has 0 unspecified atom stereocenters. The third kappa shape index (κ3) is 4.66. The highest BCUT2D eigenvalue weighted by Crippen LogP contribution is 2.41. The molecule has 4 heteroatoms. The predicted octanol–water partition coefficient (Wildman–Crippen LogP) is 10.8. The van der Waals surface area contributed by atoms with E-state index in [1.54, 1.807) is 0 Å². The van der Waals surface area contributed by atoms with Crippen LogP contribution in [0, 0.1) is 0 Å². The number of aromatic nitrogens is 4. The van der Waals surface area contributed by atoms with Crippen molar-refractivity contribution in [3.63, 3.8) is 0 Å². The minimum absolute atomic E-state index is 0.700. The molecule has 9 aromatic rings. The van der Waals surface area contributed by atoms with Gasteiger partial charge in [0, 0.05) is 44.1 Å². The fourth-order valence-corrected chi connectivity index (χ4v) is 6.63. The van der Waals surface area contributed by atoms with Crippen molar-refractivity contribution >= 4 is 32.7 Å². The molecule has 0 bridgehead atoms. The Bertz CT molecular complexity index is 2500. The minimum atomic E-state index is 0.700. The fourth-order valence-electron chi connectivity index (χ4n) is 6.63. The highest BCUT2D eigenvalue weighted by atomic mass is 15.0. The molecule has 47 heavy (non-hydrogen) atoms. The Morgan fingerprint density at radius 1 is 0.404 bits per heavy atom. The van der Waals surface area contributed by atoms with Gasteiger partial charge in [-0.15, -0.1) is 0 Å². The zero-order chi connectivity index (χ0) is 31.2. The van der Waals surface area contributed by atoms with E-state index in [0.717, 1.165) is 67.0 Å². The summed E-state index contributed by atoms with van der Waals surface area (Å²) in [6, 6.07) is 58.9. The van der Waals surface area contributed by atoms with Gasteiger partial charge < -0.3 is 4.57 Å². The van der Waals surface area contributed by atoms with E-state index in [1.807, 2.05) is 36.4 Å². The molecule has 0 fully saturated rings. The molecule has 0 N–H and O–H groups in total. The van der Waals surface area contributed by atoms with E-state index < -0.39 is 0 Å². The molecule has 0 aliphatic rings. The second-order valence-corrected chi connectivity index (χ2v) is 11.7. The number of fused-ring (bicyclic) bond motifs is 5. The molecule has 0 aliphatic heterocycles. The van der Waals surface area contributed by atoms with Gasteiger partial charge in [0.2, 0.25) is 0 Å². The maximum absolute atomic E-state index is 5.28. The molecule has 9 rings (SSSR count). The molecule has 220 valence electrons. The Morgan fingerprint density at radius 3 is 1.72 bits per heavy atom. The van der Waals surface area contributed by atoms with Gasteiger partial charge in [-0.25, -0.2) is 15.0 Å². The van der Waals surface area contributed by atoms with E-state index in [2.05, 4.69) is 138 Å². The molecular weight excluding hydrogens is 573 g/mol. The molecule has 0 amide bonds. The average molecular weight is 601 g/mol. The second kappa shape index (κ2) is 11.2. The van der Waals surface area contributed by atoms with Gasteiger partial charge in [0.1, 0.15) is 0 Å². The summed E-state index contributed by atoms with van der Waals surface area (Å²) in [4.78, 5) is 15.4. The van der Waals surface area contributed by atoms with Gasteiger partial charge in [0.05, 0.1) is 33.6 Å². The van der Waals surface area contributed by atoms with E-state index in [0.29, 0.717) is 5.82 Å². The maximum atomic E-state index is 5.28. The van der Waals surface area contributed by atoms with Crippen LogP contribution in [0.25, 0.3) is 83.6 Å². The van der Waals surface area contributed by atoms with Gasteiger partial charge in [-0.2, -0.15) is 0 Å². The lowest BCUT2D eigenvalue weighted by atomic mass is 10.0. The Hall–Kier alpha value is -6.39. The number of nitrogens with zero attached hydrogens (tertiary/aromatic N) is 4. The van der Waals surface area contributed by atoms with Crippen molar-refractivity contribution < 1.29 is 0 Å². The number of pyridine rings is 1. The Labute approximate surface area is 272 Å². The molecule has 0 saturated carbocycles. The van der Waals surface area contributed by atoms with Crippen LogP contribution in [0.3, 0.4) is 0 Å². The monoisotopic (exact) mass is 600 g/mol. The van der Waals surface area contributed by atoms with Crippen LogP contribution in [0.2, 0.25) is 0 Å². The SMILES string of the molecule is c1ccc(-c2cc(-c3cccc(-n4c5ccccc5c5c6ccccc6nc(-c6ccccc6)c54)c3)nc(-c3ccccc3)n2)cc1. The van der Waals surface area contributed by atoms with Crippen molar-refractivity contribution in [3.8, 4) is 50.8 Å². The van der Waals surface area contributed by atoms with E-state index in [4.69, 9.17) is 15.0 Å². The van der Waals surface area contributed by atoms with Crippen molar-refractivity contribution in [3.05, 3.63) is 170 Å². The summed E-state index contributed by atoms with van der Waals surface area (Å²) < 4.78 is 2.37. The quantitative estimate of drug-likeness (QED) is 0.197. The molecule has 4 nitrogen and oxygen atoms in total. The van der Waals surface area contributed by atoms with Crippen LogP contribution in [0.5, 0.6) is 0 Å². The molecule has 3 aromatic heterocycles. The smallest absolute Gasteiger partial charge is 0.160 e. The fraction of sp³-hybridized carbons (Fsp3) is 0. The van der Waals surface area contributed by atoms with Crippen molar-refractivity contribution in [2.24, 2.45) is 0 Å². The second-order valence-electron chi connectivity index (χ2n) is 11.7. The number of rotatable bonds is 5. The molecule has 6 aromatic carbocycles. The van der Waals surface area contributed by atoms with Crippen LogP contribution in [0.1, 0.15) is 0 Å². The normalized spacial score (nSPS) is 11.4. The van der Waals surface area contributed by atoms with E-state index in [1.165, 1.54) is 10.8 Å². The first-order chi connectivity index (χ1) is 23.3. The number of para-hydroxylation sites is 2. The van der Waals surface area contributed by atoms with E-state index in [9.17, 15) is 0 Å². The summed E-state index contributed by atoms with van der Waals surface area (Å²) in [6.07, 6.45) is 0.